The molecule has 100 valence electrons. The third-order valence-corrected chi connectivity index (χ3v) is 3.02. The Morgan fingerprint density at radius 1 is 1.37 bits per heavy atom. The number of amides is 1. The van der Waals surface area contributed by atoms with Gasteiger partial charge in [0, 0.05) is 18.7 Å². The molecule has 6 heteroatoms. The Kier molecular flexibility index (Phi) is 3.62. The number of anilines is 1. The first-order chi connectivity index (χ1) is 9.00. The molecule has 1 aromatic rings. The molecular formula is C13H13FN2O3. The number of hydrogen-bond donors (Lipinski definition) is 3. The lowest BCUT2D eigenvalue weighted by atomic mass is 10.0. The first-order valence-electron chi connectivity index (χ1n) is 5.73. The summed E-state index contributed by atoms with van der Waals surface area (Å²) in [6, 6.07) is 3.76. The molecule has 0 aliphatic carbocycles. The number of hydrogen-bond acceptors (Lipinski definition) is 3. The van der Waals surface area contributed by atoms with Crippen LogP contribution in [0.25, 0.3) is 0 Å². The number of benzene rings is 1. The van der Waals surface area contributed by atoms with E-state index in [0.717, 1.165) is 11.6 Å². The molecule has 0 unspecified atom stereocenters. The summed E-state index contributed by atoms with van der Waals surface area (Å²) in [7, 11) is 0. The number of rotatable bonds is 3. The SMILES string of the molecule is CC(C(=O)Nc1cccc(F)c1C(=O)O)=C1CNC1. The number of carbonyl (C=O) groups excluding carboxylic acids is 1. The zero-order valence-electron chi connectivity index (χ0n) is 10.3. The summed E-state index contributed by atoms with van der Waals surface area (Å²) in [5.41, 5.74) is 0.926. The van der Waals surface area contributed by atoms with Gasteiger partial charge in [-0.25, -0.2) is 9.18 Å². The van der Waals surface area contributed by atoms with Crippen LogP contribution >= 0.6 is 0 Å². The summed E-state index contributed by atoms with van der Waals surface area (Å²) in [5.74, 6) is -2.70. The van der Waals surface area contributed by atoms with E-state index in [9.17, 15) is 14.0 Å². The number of carbonyl (C=O) groups is 2. The third kappa shape index (κ3) is 2.63. The van der Waals surface area contributed by atoms with Crippen molar-refractivity contribution in [1.29, 1.82) is 0 Å². The van der Waals surface area contributed by atoms with E-state index in [4.69, 9.17) is 5.11 Å². The van der Waals surface area contributed by atoms with Crippen molar-refractivity contribution in [2.45, 2.75) is 6.92 Å². The first-order valence-corrected chi connectivity index (χ1v) is 5.73. The van der Waals surface area contributed by atoms with E-state index >= 15 is 0 Å². The molecule has 5 nitrogen and oxygen atoms in total. The summed E-state index contributed by atoms with van der Waals surface area (Å²) in [6.07, 6.45) is 0. The summed E-state index contributed by atoms with van der Waals surface area (Å²) < 4.78 is 13.4. The topological polar surface area (TPSA) is 78.4 Å². The van der Waals surface area contributed by atoms with E-state index in [1.54, 1.807) is 6.92 Å². The van der Waals surface area contributed by atoms with Gasteiger partial charge < -0.3 is 15.7 Å². The Labute approximate surface area is 109 Å². The van der Waals surface area contributed by atoms with Crippen molar-refractivity contribution in [2.24, 2.45) is 0 Å². The van der Waals surface area contributed by atoms with E-state index in [1.807, 2.05) is 0 Å². The Morgan fingerprint density at radius 3 is 2.58 bits per heavy atom. The van der Waals surface area contributed by atoms with Gasteiger partial charge in [0.1, 0.15) is 11.4 Å². The fourth-order valence-electron chi connectivity index (χ4n) is 1.74. The highest BCUT2D eigenvalue weighted by Gasteiger charge is 2.20. The Hall–Kier alpha value is -2.21. The summed E-state index contributed by atoms with van der Waals surface area (Å²) in [4.78, 5) is 22.9. The van der Waals surface area contributed by atoms with Crippen LogP contribution in [0, 0.1) is 5.82 Å². The Bertz CT molecular complexity index is 575. The van der Waals surface area contributed by atoms with Crippen LogP contribution in [-0.2, 0) is 4.79 Å². The molecular weight excluding hydrogens is 251 g/mol. The molecule has 1 heterocycles. The van der Waals surface area contributed by atoms with Gasteiger partial charge in [-0.05, 0) is 24.6 Å². The standard InChI is InChI=1S/C13H13FN2O3/c1-7(8-5-15-6-8)12(17)16-10-4-2-3-9(14)11(10)13(18)19/h2-4,15H,5-6H2,1H3,(H,16,17)(H,18,19). The molecule has 0 atom stereocenters. The molecule has 1 aromatic carbocycles. The van der Waals surface area contributed by atoms with Gasteiger partial charge in [-0.2, -0.15) is 0 Å². The van der Waals surface area contributed by atoms with Gasteiger partial charge in [-0.1, -0.05) is 6.07 Å². The smallest absolute Gasteiger partial charge is 0.340 e. The van der Waals surface area contributed by atoms with Crippen molar-refractivity contribution in [1.82, 2.24) is 5.32 Å². The number of halogens is 1. The largest absolute Gasteiger partial charge is 0.478 e. The van der Waals surface area contributed by atoms with Gasteiger partial charge in [0.05, 0.1) is 5.69 Å². The number of carboxylic acids is 1. The number of carboxylic acid groups (broad SMARTS) is 1. The van der Waals surface area contributed by atoms with Crippen LogP contribution in [0.3, 0.4) is 0 Å². The highest BCUT2D eigenvalue weighted by atomic mass is 19.1. The summed E-state index contributed by atoms with van der Waals surface area (Å²) >= 11 is 0. The van der Waals surface area contributed by atoms with Crippen molar-refractivity contribution in [3.63, 3.8) is 0 Å². The maximum Gasteiger partial charge on any atom is 0.340 e. The van der Waals surface area contributed by atoms with Crippen LogP contribution < -0.4 is 10.6 Å². The fourth-order valence-corrected chi connectivity index (χ4v) is 1.74. The van der Waals surface area contributed by atoms with Crippen LogP contribution in [0.4, 0.5) is 10.1 Å². The zero-order chi connectivity index (χ0) is 14.0. The van der Waals surface area contributed by atoms with Gasteiger partial charge in [0.25, 0.3) is 5.91 Å². The third-order valence-electron chi connectivity index (χ3n) is 3.02. The van der Waals surface area contributed by atoms with E-state index in [1.165, 1.54) is 12.1 Å². The predicted molar refractivity (Wildman–Crippen MR) is 67.6 cm³/mol. The second-order valence-corrected chi connectivity index (χ2v) is 4.25. The highest BCUT2D eigenvalue weighted by molar-refractivity contribution is 6.07. The van der Waals surface area contributed by atoms with Crippen LogP contribution in [0.5, 0.6) is 0 Å². The van der Waals surface area contributed by atoms with Crippen LogP contribution in [-0.4, -0.2) is 30.1 Å². The minimum absolute atomic E-state index is 0.0373. The van der Waals surface area contributed by atoms with Gasteiger partial charge in [-0.15, -0.1) is 0 Å². The van der Waals surface area contributed by atoms with E-state index in [2.05, 4.69) is 10.6 Å². The average Bonchev–Trinajstić information content (AvgIpc) is 2.25. The van der Waals surface area contributed by atoms with Crippen LogP contribution in [0.15, 0.2) is 29.3 Å². The van der Waals surface area contributed by atoms with E-state index < -0.39 is 23.3 Å². The van der Waals surface area contributed by atoms with E-state index in [-0.39, 0.29) is 5.69 Å². The van der Waals surface area contributed by atoms with Crippen molar-refractivity contribution in [3.8, 4) is 0 Å². The molecule has 0 spiro atoms. The molecule has 0 radical (unpaired) electrons. The molecule has 0 bridgehead atoms. The maximum absolute atomic E-state index is 13.4. The minimum Gasteiger partial charge on any atom is -0.478 e. The van der Waals surface area contributed by atoms with Crippen molar-refractivity contribution < 1.29 is 19.1 Å². The molecule has 1 aliphatic heterocycles. The average molecular weight is 264 g/mol. The van der Waals surface area contributed by atoms with Crippen LogP contribution in [0.2, 0.25) is 0 Å². The fraction of sp³-hybridized carbons (Fsp3) is 0.231. The molecule has 2 rings (SSSR count). The lowest BCUT2D eigenvalue weighted by Gasteiger charge is -2.21. The number of aromatic carboxylic acids is 1. The maximum atomic E-state index is 13.4. The lowest BCUT2D eigenvalue weighted by Crippen LogP contribution is -2.36. The molecule has 1 amide bonds. The second kappa shape index (κ2) is 5.19. The zero-order valence-corrected chi connectivity index (χ0v) is 10.3. The van der Waals surface area contributed by atoms with Gasteiger partial charge >= 0.3 is 5.97 Å². The summed E-state index contributed by atoms with van der Waals surface area (Å²) in [5, 5.41) is 14.4. The molecule has 0 saturated carbocycles. The van der Waals surface area contributed by atoms with Crippen molar-refractivity contribution in [3.05, 3.63) is 40.7 Å². The normalized spacial score (nSPS) is 13.7. The van der Waals surface area contributed by atoms with Crippen molar-refractivity contribution >= 4 is 17.6 Å². The number of nitrogens with one attached hydrogen (secondary N) is 2. The molecule has 19 heavy (non-hydrogen) atoms. The second-order valence-electron chi connectivity index (χ2n) is 4.25. The molecule has 0 aromatic heterocycles. The predicted octanol–water partition coefficient (Wildman–Crippen LogP) is 1.38. The first kappa shape index (κ1) is 13.2. The Balaban J connectivity index is 2.26. The van der Waals surface area contributed by atoms with E-state index in [0.29, 0.717) is 18.7 Å². The lowest BCUT2D eigenvalue weighted by molar-refractivity contribution is -0.112. The highest BCUT2D eigenvalue weighted by Crippen LogP contribution is 2.20. The van der Waals surface area contributed by atoms with Crippen LogP contribution in [0.1, 0.15) is 17.3 Å². The van der Waals surface area contributed by atoms with Crippen molar-refractivity contribution in [2.75, 3.05) is 18.4 Å². The molecule has 1 saturated heterocycles. The summed E-state index contributed by atoms with van der Waals surface area (Å²) in [6.45, 7) is 2.95. The molecule has 1 fully saturated rings. The Morgan fingerprint density at radius 2 is 2.05 bits per heavy atom. The minimum atomic E-state index is -1.41. The van der Waals surface area contributed by atoms with Gasteiger partial charge in [0.2, 0.25) is 0 Å². The quantitative estimate of drug-likeness (QED) is 0.721. The molecule has 3 N–H and O–H groups in total. The monoisotopic (exact) mass is 264 g/mol. The van der Waals surface area contributed by atoms with Gasteiger partial charge in [-0.3, -0.25) is 4.79 Å². The molecule has 1 aliphatic rings. The van der Waals surface area contributed by atoms with Gasteiger partial charge in [0.15, 0.2) is 0 Å².